The number of carbonyl (C=O) groups is 1. The van der Waals surface area contributed by atoms with E-state index in [1.165, 1.54) is 0 Å². The number of amides is 1. The molecule has 0 bridgehead atoms. The standard InChI is InChI=1S/C14H21NO2/c1-3-5-12(10-14(15)16)11-6-8-13(9-7-11)17-4-2/h6-9,12H,3-5,10H2,1-2H3,(H2,15,16). The molecule has 3 nitrogen and oxygen atoms in total. The zero-order valence-electron chi connectivity index (χ0n) is 10.6. The highest BCUT2D eigenvalue weighted by Crippen LogP contribution is 2.26. The first-order valence-electron chi connectivity index (χ1n) is 6.18. The van der Waals surface area contributed by atoms with Gasteiger partial charge in [0.25, 0.3) is 0 Å². The lowest BCUT2D eigenvalue weighted by molar-refractivity contribution is -0.118. The van der Waals surface area contributed by atoms with Crippen molar-refractivity contribution in [3.63, 3.8) is 0 Å². The number of nitrogens with two attached hydrogens (primary N) is 1. The first-order valence-corrected chi connectivity index (χ1v) is 6.18. The summed E-state index contributed by atoms with van der Waals surface area (Å²) in [4.78, 5) is 11.0. The highest BCUT2D eigenvalue weighted by Gasteiger charge is 2.13. The minimum absolute atomic E-state index is 0.230. The SMILES string of the molecule is CCCC(CC(N)=O)c1ccc(OCC)cc1. The first kappa shape index (κ1) is 13.6. The predicted octanol–water partition coefficient (Wildman–Crippen LogP) is 2.84. The van der Waals surface area contributed by atoms with E-state index in [1.54, 1.807) is 0 Å². The van der Waals surface area contributed by atoms with Gasteiger partial charge in [-0.15, -0.1) is 0 Å². The molecule has 1 aromatic rings. The Kier molecular flexibility index (Phi) is 5.53. The number of hydrogen-bond donors (Lipinski definition) is 1. The molecule has 1 unspecified atom stereocenters. The van der Waals surface area contributed by atoms with E-state index in [1.807, 2.05) is 31.2 Å². The number of rotatable bonds is 7. The molecule has 0 saturated carbocycles. The summed E-state index contributed by atoms with van der Waals surface area (Å²) in [5.74, 6) is 0.857. The van der Waals surface area contributed by atoms with Crippen LogP contribution in [0.25, 0.3) is 0 Å². The molecule has 0 aromatic heterocycles. The van der Waals surface area contributed by atoms with Gasteiger partial charge in [0.05, 0.1) is 6.61 Å². The van der Waals surface area contributed by atoms with Crippen molar-refractivity contribution in [3.8, 4) is 5.75 Å². The molecule has 1 amide bonds. The van der Waals surface area contributed by atoms with E-state index >= 15 is 0 Å². The van der Waals surface area contributed by atoms with Gasteiger partial charge in [-0.1, -0.05) is 25.5 Å². The van der Waals surface area contributed by atoms with Crippen molar-refractivity contribution in [1.29, 1.82) is 0 Å². The summed E-state index contributed by atoms with van der Waals surface area (Å²) in [6.45, 7) is 4.74. The molecule has 1 atom stereocenters. The summed E-state index contributed by atoms with van der Waals surface area (Å²) in [6, 6.07) is 7.94. The molecule has 0 aliphatic carbocycles. The normalized spacial score (nSPS) is 12.1. The third-order valence-corrected chi connectivity index (χ3v) is 2.75. The summed E-state index contributed by atoms with van der Waals surface area (Å²) in [6.07, 6.45) is 2.45. The second kappa shape index (κ2) is 6.94. The lowest BCUT2D eigenvalue weighted by Crippen LogP contribution is -2.15. The van der Waals surface area contributed by atoms with Crippen molar-refractivity contribution in [2.75, 3.05) is 6.61 Å². The molecule has 17 heavy (non-hydrogen) atoms. The van der Waals surface area contributed by atoms with Gasteiger partial charge >= 0.3 is 0 Å². The van der Waals surface area contributed by atoms with E-state index in [2.05, 4.69) is 6.92 Å². The summed E-state index contributed by atoms with van der Waals surface area (Å²) < 4.78 is 5.39. The third kappa shape index (κ3) is 4.47. The summed E-state index contributed by atoms with van der Waals surface area (Å²) in [7, 11) is 0. The Bertz CT molecular complexity index is 346. The van der Waals surface area contributed by atoms with Gasteiger partial charge < -0.3 is 10.5 Å². The Morgan fingerprint density at radius 2 is 1.94 bits per heavy atom. The van der Waals surface area contributed by atoms with Crippen LogP contribution in [0.3, 0.4) is 0 Å². The fraction of sp³-hybridized carbons (Fsp3) is 0.500. The van der Waals surface area contributed by atoms with Crippen LogP contribution in [0.5, 0.6) is 5.75 Å². The third-order valence-electron chi connectivity index (χ3n) is 2.75. The molecule has 0 radical (unpaired) electrons. The molecule has 0 saturated heterocycles. The first-order chi connectivity index (χ1) is 8.17. The quantitative estimate of drug-likeness (QED) is 0.790. The topological polar surface area (TPSA) is 52.3 Å². The van der Waals surface area contributed by atoms with Gasteiger partial charge in [0.15, 0.2) is 0 Å². The maximum absolute atomic E-state index is 11.0. The van der Waals surface area contributed by atoms with Crippen molar-refractivity contribution in [1.82, 2.24) is 0 Å². The zero-order chi connectivity index (χ0) is 12.7. The second-order valence-corrected chi connectivity index (χ2v) is 4.16. The van der Waals surface area contributed by atoms with E-state index < -0.39 is 0 Å². The van der Waals surface area contributed by atoms with Crippen LogP contribution in [0.1, 0.15) is 44.6 Å². The zero-order valence-corrected chi connectivity index (χ0v) is 10.6. The van der Waals surface area contributed by atoms with Crippen molar-refractivity contribution in [2.24, 2.45) is 5.73 Å². The molecule has 0 aliphatic heterocycles. The molecule has 3 heteroatoms. The molecule has 2 N–H and O–H groups in total. The van der Waals surface area contributed by atoms with Gasteiger partial charge in [-0.05, 0) is 37.0 Å². The van der Waals surface area contributed by atoms with Gasteiger partial charge in [0.2, 0.25) is 5.91 Å². The van der Waals surface area contributed by atoms with Crippen LogP contribution < -0.4 is 10.5 Å². The van der Waals surface area contributed by atoms with Crippen LogP contribution in [-0.2, 0) is 4.79 Å². The average Bonchev–Trinajstić information content (AvgIpc) is 2.29. The molecule has 0 heterocycles. The number of hydrogen-bond acceptors (Lipinski definition) is 2. The maximum atomic E-state index is 11.0. The van der Waals surface area contributed by atoms with Crippen LogP contribution in [0.2, 0.25) is 0 Å². The van der Waals surface area contributed by atoms with Crippen LogP contribution >= 0.6 is 0 Å². The number of ether oxygens (including phenoxy) is 1. The lowest BCUT2D eigenvalue weighted by atomic mass is 9.91. The van der Waals surface area contributed by atoms with E-state index in [9.17, 15) is 4.79 Å². The van der Waals surface area contributed by atoms with Crippen LogP contribution in [0.4, 0.5) is 0 Å². The Balaban J connectivity index is 2.75. The smallest absolute Gasteiger partial charge is 0.218 e. The Morgan fingerprint density at radius 3 is 2.41 bits per heavy atom. The van der Waals surface area contributed by atoms with Crippen molar-refractivity contribution < 1.29 is 9.53 Å². The Labute approximate surface area is 103 Å². The van der Waals surface area contributed by atoms with Crippen molar-refractivity contribution >= 4 is 5.91 Å². The van der Waals surface area contributed by atoms with E-state index in [-0.39, 0.29) is 11.8 Å². The summed E-state index contributed by atoms with van der Waals surface area (Å²) >= 11 is 0. The molecule has 94 valence electrons. The summed E-state index contributed by atoms with van der Waals surface area (Å²) in [5.41, 5.74) is 6.44. The molecule has 1 aromatic carbocycles. The Morgan fingerprint density at radius 1 is 1.29 bits per heavy atom. The monoisotopic (exact) mass is 235 g/mol. The van der Waals surface area contributed by atoms with Gasteiger partial charge in [-0.25, -0.2) is 0 Å². The number of benzene rings is 1. The average molecular weight is 235 g/mol. The van der Waals surface area contributed by atoms with E-state index in [0.717, 1.165) is 24.2 Å². The minimum Gasteiger partial charge on any atom is -0.494 e. The highest BCUT2D eigenvalue weighted by molar-refractivity contribution is 5.74. The van der Waals surface area contributed by atoms with Gasteiger partial charge in [0, 0.05) is 6.42 Å². The second-order valence-electron chi connectivity index (χ2n) is 4.16. The van der Waals surface area contributed by atoms with Crippen LogP contribution in [-0.4, -0.2) is 12.5 Å². The summed E-state index contributed by atoms with van der Waals surface area (Å²) in [5, 5.41) is 0. The fourth-order valence-electron chi connectivity index (χ4n) is 1.98. The molecule has 0 spiro atoms. The molecule has 0 fully saturated rings. The largest absolute Gasteiger partial charge is 0.494 e. The lowest BCUT2D eigenvalue weighted by Gasteiger charge is -2.15. The number of primary amides is 1. The maximum Gasteiger partial charge on any atom is 0.218 e. The van der Waals surface area contributed by atoms with Gasteiger partial charge in [-0.2, -0.15) is 0 Å². The van der Waals surface area contributed by atoms with Crippen LogP contribution in [0, 0.1) is 0 Å². The predicted molar refractivity (Wildman–Crippen MR) is 69.1 cm³/mol. The highest BCUT2D eigenvalue weighted by atomic mass is 16.5. The van der Waals surface area contributed by atoms with Crippen molar-refractivity contribution in [3.05, 3.63) is 29.8 Å². The molecular weight excluding hydrogens is 214 g/mol. The number of carbonyl (C=O) groups excluding carboxylic acids is 1. The Hall–Kier alpha value is -1.51. The van der Waals surface area contributed by atoms with E-state index in [4.69, 9.17) is 10.5 Å². The molecule has 1 rings (SSSR count). The fourth-order valence-corrected chi connectivity index (χ4v) is 1.98. The van der Waals surface area contributed by atoms with Crippen molar-refractivity contribution in [2.45, 2.75) is 39.0 Å². The molecular formula is C14H21NO2. The van der Waals surface area contributed by atoms with E-state index in [0.29, 0.717) is 13.0 Å². The minimum atomic E-state index is -0.239. The van der Waals surface area contributed by atoms with Gasteiger partial charge in [0.1, 0.15) is 5.75 Å². The molecule has 0 aliphatic rings. The van der Waals surface area contributed by atoms with Crippen LogP contribution in [0.15, 0.2) is 24.3 Å². The van der Waals surface area contributed by atoms with Gasteiger partial charge in [-0.3, -0.25) is 4.79 Å².